The van der Waals surface area contributed by atoms with E-state index < -0.39 is 5.25 Å². The van der Waals surface area contributed by atoms with Crippen LogP contribution in [0.3, 0.4) is 0 Å². The minimum Gasteiger partial charge on any atom is -0.504 e. The first kappa shape index (κ1) is 27.2. The van der Waals surface area contributed by atoms with Crippen molar-refractivity contribution in [3.63, 3.8) is 0 Å². The second kappa shape index (κ2) is 12.6. The van der Waals surface area contributed by atoms with Gasteiger partial charge in [0.1, 0.15) is 0 Å². The summed E-state index contributed by atoms with van der Waals surface area (Å²) in [6, 6.07) is 21.1. The number of aromatic nitrogens is 3. The number of phenolic OH excluding ortho intramolecular Hbond substituents is 1. The topological polar surface area (TPSA) is 114 Å². The fraction of sp³-hybridized carbons (Fsp3) is 0.185. The molecule has 0 aliphatic rings. The fourth-order valence-corrected chi connectivity index (χ4v) is 4.92. The second-order valence-electron chi connectivity index (χ2n) is 8.28. The van der Waals surface area contributed by atoms with E-state index in [-0.39, 0.29) is 11.7 Å². The lowest BCUT2D eigenvalue weighted by Crippen LogP contribution is -2.27. The summed E-state index contributed by atoms with van der Waals surface area (Å²) in [6.45, 7) is 4.27. The third-order valence-corrected chi connectivity index (χ3v) is 7.12. The van der Waals surface area contributed by atoms with E-state index in [9.17, 15) is 9.90 Å². The summed E-state index contributed by atoms with van der Waals surface area (Å²) in [5.41, 5.74) is 5.97. The van der Waals surface area contributed by atoms with Crippen molar-refractivity contribution in [2.45, 2.75) is 30.8 Å². The summed E-state index contributed by atoms with van der Waals surface area (Å²) in [5, 5.41) is 26.6. The zero-order chi connectivity index (χ0) is 27.1. The lowest BCUT2D eigenvalue weighted by atomic mass is 10.2. The third kappa shape index (κ3) is 6.53. The van der Waals surface area contributed by atoms with Crippen molar-refractivity contribution in [3.05, 3.63) is 88.2 Å². The number of hydrogen-bond donors (Lipinski definition) is 3. The van der Waals surface area contributed by atoms with Gasteiger partial charge < -0.3 is 15.2 Å². The van der Waals surface area contributed by atoms with Crippen molar-refractivity contribution in [1.29, 1.82) is 0 Å². The highest BCUT2D eigenvalue weighted by Crippen LogP contribution is 2.32. The van der Waals surface area contributed by atoms with Crippen LogP contribution in [-0.2, 0) is 11.3 Å². The van der Waals surface area contributed by atoms with Crippen LogP contribution >= 0.6 is 27.7 Å². The van der Waals surface area contributed by atoms with Gasteiger partial charge in [0, 0.05) is 21.4 Å². The number of nitrogens with zero attached hydrogens (tertiary/aromatic N) is 4. The number of halogens is 1. The van der Waals surface area contributed by atoms with Crippen molar-refractivity contribution < 1.29 is 14.6 Å². The lowest BCUT2D eigenvalue weighted by molar-refractivity contribution is -0.120. The van der Waals surface area contributed by atoms with Crippen LogP contribution in [0, 0.1) is 6.92 Å². The Bertz CT molecular complexity index is 1440. The average Bonchev–Trinajstić information content (AvgIpc) is 3.32. The largest absolute Gasteiger partial charge is 0.504 e. The number of benzene rings is 3. The summed E-state index contributed by atoms with van der Waals surface area (Å²) in [6.07, 6.45) is 1.36. The standard InChI is InChI=1S/C27H27BrN6O3S/c1-17-9-7-8-12-22(17)29-16-24-31-33-27(34(24)21-10-5-4-6-11-21)38-18(2)26(36)32-30-15-19-13-20(28)14-23(37-3)25(19)35/h4-15,18,29,35H,16H2,1-3H3,(H,32,36)/b30-15-. The van der Waals surface area contributed by atoms with Gasteiger partial charge in [-0.05, 0) is 49.7 Å². The van der Waals surface area contributed by atoms with Crippen LogP contribution in [0.15, 0.2) is 81.5 Å². The maximum Gasteiger partial charge on any atom is 0.253 e. The number of carbonyl (C=O) groups excluding carboxylic acids is 1. The molecule has 0 radical (unpaired) electrons. The molecule has 4 rings (SSSR count). The highest BCUT2D eigenvalue weighted by atomic mass is 79.9. The fourth-order valence-electron chi connectivity index (χ4n) is 3.59. The molecule has 0 saturated carbocycles. The predicted molar refractivity (Wildman–Crippen MR) is 153 cm³/mol. The number of carbonyl (C=O) groups is 1. The number of hydrogen-bond acceptors (Lipinski definition) is 8. The maximum atomic E-state index is 12.8. The number of amides is 1. The van der Waals surface area contributed by atoms with Crippen LogP contribution in [0.25, 0.3) is 5.69 Å². The van der Waals surface area contributed by atoms with Gasteiger partial charge in [-0.3, -0.25) is 9.36 Å². The van der Waals surface area contributed by atoms with Crippen LogP contribution in [0.5, 0.6) is 11.5 Å². The van der Waals surface area contributed by atoms with Crippen LogP contribution in [0.4, 0.5) is 5.69 Å². The number of aryl methyl sites for hydroxylation is 1. The van der Waals surface area contributed by atoms with Crippen LogP contribution in [-0.4, -0.2) is 44.4 Å². The molecule has 0 aliphatic carbocycles. The molecule has 0 aliphatic heterocycles. The Morgan fingerprint density at radius 1 is 1.18 bits per heavy atom. The molecule has 3 aromatic carbocycles. The second-order valence-corrected chi connectivity index (χ2v) is 10.5. The van der Waals surface area contributed by atoms with Crippen molar-refractivity contribution >= 4 is 45.5 Å². The number of ether oxygens (including phenoxy) is 1. The van der Waals surface area contributed by atoms with Gasteiger partial charge in [-0.25, -0.2) is 5.43 Å². The SMILES string of the molecule is COc1cc(Br)cc(/C=N\NC(=O)C(C)Sc2nnc(CNc3ccccc3C)n2-c2ccccc2)c1O. The van der Waals surface area contributed by atoms with E-state index in [1.807, 2.05) is 66.1 Å². The average molecular weight is 596 g/mol. The van der Waals surface area contributed by atoms with Crippen LogP contribution < -0.4 is 15.5 Å². The van der Waals surface area contributed by atoms with Gasteiger partial charge in [0.15, 0.2) is 22.5 Å². The van der Waals surface area contributed by atoms with Gasteiger partial charge in [0.2, 0.25) is 0 Å². The molecule has 38 heavy (non-hydrogen) atoms. The Hall–Kier alpha value is -3.83. The summed E-state index contributed by atoms with van der Waals surface area (Å²) in [4.78, 5) is 12.8. The van der Waals surface area contributed by atoms with Crippen LogP contribution in [0.2, 0.25) is 0 Å². The van der Waals surface area contributed by atoms with Gasteiger partial charge in [-0.1, -0.05) is 64.1 Å². The lowest BCUT2D eigenvalue weighted by Gasteiger charge is -2.14. The first-order valence-electron chi connectivity index (χ1n) is 11.7. The molecule has 1 unspecified atom stereocenters. The monoisotopic (exact) mass is 594 g/mol. The molecule has 0 bridgehead atoms. The van der Waals surface area contributed by atoms with E-state index in [0.29, 0.717) is 33.3 Å². The van der Waals surface area contributed by atoms with E-state index in [1.54, 1.807) is 19.1 Å². The van der Waals surface area contributed by atoms with E-state index in [1.165, 1.54) is 25.1 Å². The first-order chi connectivity index (χ1) is 18.4. The van der Waals surface area contributed by atoms with E-state index in [4.69, 9.17) is 4.74 Å². The van der Waals surface area contributed by atoms with Crippen molar-refractivity contribution in [1.82, 2.24) is 20.2 Å². The van der Waals surface area contributed by atoms with Gasteiger partial charge >= 0.3 is 0 Å². The van der Waals surface area contributed by atoms with E-state index >= 15 is 0 Å². The number of nitrogens with one attached hydrogen (secondary N) is 2. The molecule has 1 atom stereocenters. The quantitative estimate of drug-likeness (QED) is 0.130. The first-order valence-corrected chi connectivity index (χ1v) is 13.4. The molecule has 196 valence electrons. The number of aromatic hydroxyl groups is 1. The Kier molecular flexibility index (Phi) is 9.03. The number of phenols is 1. The molecule has 1 aromatic heterocycles. The molecule has 0 fully saturated rings. The zero-order valence-corrected chi connectivity index (χ0v) is 23.5. The number of methoxy groups -OCH3 is 1. The highest BCUT2D eigenvalue weighted by molar-refractivity contribution is 9.10. The van der Waals surface area contributed by atoms with Crippen molar-refractivity contribution in [3.8, 4) is 17.2 Å². The van der Waals surface area contributed by atoms with Gasteiger partial charge in [-0.15, -0.1) is 10.2 Å². The van der Waals surface area contributed by atoms with E-state index in [0.717, 1.165) is 16.9 Å². The normalized spacial score (nSPS) is 11.9. The Balaban J connectivity index is 1.48. The summed E-state index contributed by atoms with van der Waals surface area (Å²) in [7, 11) is 1.46. The molecule has 1 heterocycles. The Labute approximate surface area is 233 Å². The predicted octanol–water partition coefficient (Wildman–Crippen LogP) is 5.30. The molecular weight excluding hydrogens is 568 g/mol. The molecule has 0 spiro atoms. The minimum absolute atomic E-state index is 0.0704. The highest BCUT2D eigenvalue weighted by Gasteiger charge is 2.21. The minimum atomic E-state index is -0.526. The Morgan fingerprint density at radius 3 is 2.66 bits per heavy atom. The number of hydrazone groups is 1. The zero-order valence-electron chi connectivity index (χ0n) is 21.1. The molecule has 11 heteroatoms. The number of thioether (sulfide) groups is 1. The van der Waals surface area contributed by atoms with Gasteiger partial charge in [-0.2, -0.15) is 5.10 Å². The molecule has 9 nitrogen and oxygen atoms in total. The Morgan fingerprint density at radius 2 is 1.92 bits per heavy atom. The smallest absolute Gasteiger partial charge is 0.253 e. The summed E-state index contributed by atoms with van der Waals surface area (Å²) < 4.78 is 7.79. The summed E-state index contributed by atoms with van der Waals surface area (Å²) in [5.74, 6) is 0.615. The van der Waals surface area contributed by atoms with Gasteiger partial charge in [0.25, 0.3) is 5.91 Å². The number of para-hydroxylation sites is 2. The molecular formula is C27H27BrN6O3S. The van der Waals surface area contributed by atoms with E-state index in [2.05, 4.69) is 42.0 Å². The number of anilines is 1. The van der Waals surface area contributed by atoms with Gasteiger partial charge in [0.05, 0.1) is 25.1 Å². The maximum absolute atomic E-state index is 12.8. The molecule has 0 saturated heterocycles. The molecule has 1 amide bonds. The van der Waals surface area contributed by atoms with Crippen molar-refractivity contribution in [2.24, 2.45) is 5.10 Å². The van der Waals surface area contributed by atoms with Crippen LogP contribution in [0.1, 0.15) is 23.9 Å². The third-order valence-electron chi connectivity index (χ3n) is 5.62. The summed E-state index contributed by atoms with van der Waals surface area (Å²) >= 11 is 4.64. The number of rotatable bonds is 10. The molecule has 4 aromatic rings. The van der Waals surface area contributed by atoms with Crippen molar-refractivity contribution in [2.75, 3.05) is 12.4 Å². The molecule has 3 N–H and O–H groups in total.